The standard InChI is InChI=1S/C13H23N3O3S/c1-4-16-9-13(14-10(16)2)20(18,19)15(3)11-7-5-6-8-12(11)17/h9,11-12,17H,4-8H2,1-3H3. The van der Waals surface area contributed by atoms with Crippen molar-refractivity contribution in [2.24, 2.45) is 0 Å². The molecule has 0 aliphatic heterocycles. The zero-order valence-corrected chi connectivity index (χ0v) is 13.1. The summed E-state index contributed by atoms with van der Waals surface area (Å²) in [4.78, 5) is 4.15. The van der Waals surface area contributed by atoms with Gasteiger partial charge < -0.3 is 9.67 Å². The van der Waals surface area contributed by atoms with Crippen molar-refractivity contribution in [3.8, 4) is 0 Å². The van der Waals surface area contributed by atoms with Gasteiger partial charge in [-0.15, -0.1) is 0 Å². The van der Waals surface area contributed by atoms with Crippen LogP contribution in [0.1, 0.15) is 38.4 Å². The van der Waals surface area contributed by atoms with Crippen LogP contribution < -0.4 is 0 Å². The Labute approximate surface area is 120 Å². The first-order valence-electron chi connectivity index (χ1n) is 7.07. The van der Waals surface area contributed by atoms with Gasteiger partial charge in [-0.1, -0.05) is 12.8 Å². The highest BCUT2D eigenvalue weighted by Crippen LogP contribution is 2.26. The van der Waals surface area contributed by atoms with Crippen molar-refractivity contribution >= 4 is 10.0 Å². The van der Waals surface area contributed by atoms with E-state index < -0.39 is 16.1 Å². The normalized spacial score (nSPS) is 24.2. The molecule has 0 amide bonds. The van der Waals surface area contributed by atoms with Gasteiger partial charge in [0.2, 0.25) is 0 Å². The Hall–Kier alpha value is -0.920. The van der Waals surface area contributed by atoms with E-state index in [0.717, 1.165) is 12.8 Å². The van der Waals surface area contributed by atoms with Crippen molar-refractivity contribution < 1.29 is 13.5 Å². The van der Waals surface area contributed by atoms with Crippen molar-refractivity contribution in [1.82, 2.24) is 13.9 Å². The van der Waals surface area contributed by atoms with Crippen LogP contribution in [0.2, 0.25) is 0 Å². The Balaban J connectivity index is 2.28. The molecular weight excluding hydrogens is 278 g/mol. The second-order valence-corrected chi connectivity index (χ2v) is 7.30. The Morgan fingerprint density at radius 1 is 1.45 bits per heavy atom. The van der Waals surface area contributed by atoms with Crippen LogP contribution in [-0.2, 0) is 16.6 Å². The van der Waals surface area contributed by atoms with Gasteiger partial charge in [-0.3, -0.25) is 0 Å². The molecule has 20 heavy (non-hydrogen) atoms. The molecule has 1 aliphatic carbocycles. The fourth-order valence-electron chi connectivity index (χ4n) is 2.77. The summed E-state index contributed by atoms with van der Waals surface area (Å²) in [7, 11) is -2.11. The molecule has 6 nitrogen and oxygen atoms in total. The second-order valence-electron chi connectivity index (χ2n) is 5.35. The number of hydrogen-bond donors (Lipinski definition) is 1. The molecule has 1 fully saturated rings. The first kappa shape index (κ1) is 15.5. The SMILES string of the molecule is CCn1cc(S(=O)(=O)N(C)C2CCCCC2O)nc1C. The van der Waals surface area contributed by atoms with Crippen molar-refractivity contribution in [2.75, 3.05) is 7.05 Å². The fourth-order valence-corrected chi connectivity index (χ4v) is 4.17. The minimum Gasteiger partial charge on any atom is -0.391 e. The molecule has 0 radical (unpaired) electrons. The Bertz CT molecular complexity index is 567. The van der Waals surface area contributed by atoms with Gasteiger partial charge in [-0.25, -0.2) is 13.4 Å². The number of rotatable bonds is 4. The lowest BCUT2D eigenvalue weighted by Crippen LogP contribution is -2.46. The predicted molar refractivity (Wildman–Crippen MR) is 75.8 cm³/mol. The van der Waals surface area contributed by atoms with Crippen molar-refractivity contribution in [2.45, 2.75) is 63.2 Å². The minimum atomic E-state index is -3.64. The average Bonchev–Trinajstić information content (AvgIpc) is 2.80. The van der Waals surface area contributed by atoms with Gasteiger partial charge in [0.25, 0.3) is 10.0 Å². The third-order valence-corrected chi connectivity index (χ3v) is 5.85. The molecule has 1 heterocycles. The molecule has 0 bridgehead atoms. The number of aliphatic hydroxyl groups excluding tert-OH is 1. The maximum atomic E-state index is 12.6. The lowest BCUT2D eigenvalue weighted by molar-refractivity contribution is 0.0637. The van der Waals surface area contributed by atoms with Crippen LogP contribution in [0.5, 0.6) is 0 Å². The largest absolute Gasteiger partial charge is 0.391 e. The third kappa shape index (κ3) is 2.75. The summed E-state index contributed by atoms with van der Waals surface area (Å²) in [6.45, 7) is 4.42. The van der Waals surface area contributed by atoms with Gasteiger partial charge in [0.15, 0.2) is 5.03 Å². The van der Waals surface area contributed by atoms with E-state index in [1.807, 2.05) is 6.92 Å². The minimum absolute atomic E-state index is 0.0668. The average molecular weight is 301 g/mol. The quantitative estimate of drug-likeness (QED) is 0.904. The molecule has 2 unspecified atom stereocenters. The molecule has 2 atom stereocenters. The van der Waals surface area contributed by atoms with Crippen LogP contribution in [0.15, 0.2) is 11.2 Å². The van der Waals surface area contributed by atoms with Crippen LogP contribution in [0.4, 0.5) is 0 Å². The van der Waals surface area contributed by atoms with Gasteiger partial charge >= 0.3 is 0 Å². The van der Waals surface area contributed by atoms with Crippen LogP contribution in [0.3, 0.4) is 0 Å². The Morgan fingerprint density at radius 2 is 2.10 bits per heavy atom. The molecule has 114 valence electrons. The van der Waals surface area contributed by atoms with E-state index in [1.165, 1.54) is 11.4 Å². The number of imidazole rings is 1. The molecule has 0 aromatic carbocycles. The van der Waals surface area contributed by atoms with E-state index in [9.17, 15) is 13.5 Å². The Morgan fingerprint density at radius 3 is 2.65 bits per heavy atom. The summed E-state index contributed by atoms with van der Waals surface area (Å²) < 4.78 is 28.3. The lowest BCUT2D eigenvalue weighted by atomic mass is 9.93. The number of nitrogens with zero attached hydrogens (tertiary/aromatic N) is 3. The number of likely N-dealkylation sites (N-methyl/N-ethyl adjacent to an activating group) is 1. The van der Waals surface area contributed by atoms with Gasteiger partial charge in [-0.05, 0) is 26.7 Å². The van der Waals surface area contributed by atoms with E-state index in [1.54, 1.807) is 17.7 Å². The first-order chi connectivity index (χ1) is 9.37. The van der Waals surface area contributed by atoms with Gasteiger partial charge in [0.1, 0.15) is 5.82 Å². The highest BCUT2D eigenvalue weighted by Gasteiger charge is 2.35. The highest BCUT2D eigenvalue weighted by atomic mass is 32.2. The van der Waals surface area contributed by atoms with Gasteiger partial charge in [0, 0.05) is 19.8 Å². The van der Waals surface area contributed by atoms with Crippen LogP contribution >= 0.6 is 0 Å². The van der Waals surface area contributed by atoms with Crippen molar-refractivity contribution in [3.63, 3.8) is 0 Å². The smallest absolute Gasteiger partial charge is 0.262 e. The molecule has 1 aliphatic rings. The molecule has 2 rings (SSSR count). The predicted octanol–water partition coefficient (Wildman–Crippen LogP) is 1.14. The van der Waals surface area contributed by atoms with Crippen molar-refractivity contribution in [3.05, 3.63) is 12.0 Å². The molecule has 1 aromatic rings. The molecule has 0 saturated heterocycles. The molecular formula is C13H23N3O3S. The maximum absolute atomic E-state index is 12.6. The zero-order chi connectivity index (χ0) is 14.9. The van der Waals surface area contributed by atoms with Crippen molar-refractivity contribution in [1.29, 1.82) is 0 Å². The summed E-state index contributed by atoms with van der Waals surface area (Å²) in [5.41, 5.74) is 0. The van der Waals surface area contributed by atoms with E-state index in [-0.39, 0.29) is 11.1 Å². The summed E-state index contributed by atoms with van der Waals surface area (Å²) in [6, 6.07) is -0.346. The fraction of sp³-hybridized carbons (Fsp3) is 0.769. The summed E-state index contributed by atoms with van der Waals surface area (Å²) in [6.07, 6.45) is 4.24. The topological polar surface area (TPSA) is 75.4 Å². The van der Waals surface area contributed by atoms with Gasteiger partial charge in [-0.2, -0.15) is 4.31 Å². The van der Waals surface area contributed by atoms with E-state index >= 15 is 0 Å². The summed E-state index contributed by atoms with van der Waals surface area (Å²) in [5, 5.41) is 10.1. The summed E-state index contributed by atoms with van der Waals surface area (Å²) in [5.74, 6) is 0.684. The Kier molecular flexibility index (Phi) is 4.51. The molecule has 1 saturated carbocycles. The van der Waals surface area contributed by atoms with E-state index in [2.05, 4.69) is 4.98 Å². The lowest BCUT2D eigenvalue weighted by Gasteiger charge is -2.33. The molecule has 1 aromatic heterocycles. The number of aryl methyl sites for hydroxylation is 2. The number of aliphatic hydroxyl groups is 1. The first-order valence-corrected chi connectivity index (χ1v) is 8.51. The number of aromatic nitrogens is 2. The molecule has 7 heteroatoms. The molecule has 1 N–H and O–H groups in total. The second kappa shape index (κ2) is 5.83. The third-order valence-electron chi connectivity index (χ3n) is 4.10. The molecule has 0 spiro atoms. The monoisotopic (exact) mass is 301 g/mol. The number of sulfonamides is 1. The summed E-state index contributed by atoms with van der Waals surface area (Å²) >= 11 is 0. The van der Waals surface area contributed by atoms with Crippen LogP contribution in [0.25, 0.3) is 0 Å². The van der Waals surface area contributed by atoms with E-state index in [4.69, 9.17) is 0 Å². The van der Waals surface area contributed by atoms with Crippen LogP contribution in [-0.4, -0.2) is 46.6 Å². The van der Waals surface area contributed by atoms with Gasteiger partial charge in [0.05, 0.1) is 12.1 Å². The number of hydrogen-bond acceptors (Lipinski definition) is 4. The van der Waals surface area contributed by atoms with Crippen LogP contribution in [0, 0.1) is 6.92 Å². The highest BCUT2D eigenvalue weighted by molar-refractivity contribution is 7.89. The van der Waals surface area contributed by atoms with E-state index in [0.29, 0.717) is 25.2 Å². The maximum Gasteiger partial charge on any atom is 0.262 e. The zero-order valence-electron chi connectivity index (χ0n) is 12.3.